The summed E-state index contributed by atoms with van der Waals surface area (Å²) in [6, 6.07) is 1.72. The third kappa shape index (κ3) is 2.85. The Hall–Kier alpha value is -1.36. The molecule has 5 nitrogen and oxygen atoms in total. The molecule has 0 saturated heterocycles. The van der Waals surface area contributed by atoms with Crippen molar-refractivity contribution < 1.29 is 9.32 Å². The number of carbonyl (C=O) groups excluding carboxylic acids is 1. The van der Waals surface area contributed by atoms with Gasteiger partial charge in [-0.3, -0.25) is 4.79 Å². The lowest BCUT2D eigenvalue weighted by Crippen LogP contribution is -2.35. The molecular weight excluding hydrogens is 218 g/mol. The number of amides is 1. The molecule has 1 amide bonds. The maximum absolute atomic E-state index is 12.1. The van der Waals surface area contributed by atoms with E-state index in [9.17, 15) is 4.79 Å². The van der Waals surface area contributed by atoms with E-state index in [1.807, 2.05) is 0 Å². The van der Waals surface area contributed by atoms with Crippen LogP contribution in [-0.4, -0.2) is 17.6 Å². The van der Waals surface area contributed by atoms with E-state index in [2.05, 4.69) is 10.5 Å². The molecule has 1 aliphatic rings. The Labute approximate surface area is 101 Å². The third-order valence-corrected chi connectivity index (χ3v) is 3.43. The molecule has 1 fully saturated rings. The van der Waals surface area contributed by atoms with E-state index < -0.39 is 0 Å². The van der Waals surface area contributed by atoms with Crippen LogP contribution in [0.2, 0.25) is 0 Å². The van der Waals surface area contributed by atoms with Gasteiger partial charge in [-0.2, -0.15) is 0 Å². The summed E-state index contributed by atoms with van der Waals surface area (Å²) >= 11 is 0. The number of aryl methyl sites for hydroxylation is 1. The smallest absolute Gasteiger partial charge is 0.229 e. The molecule has 3 N–H and O–H groups in total. The van der Waals surface area contributed by atoms with Crippen LogP contribution in [0.1, 0.15) is 31.4 Å². The van der Waals surface area contributed by atoms with Gasteiger partial charge in [-0.1, -0.05) is 18.0 Å². The standard InChI is InChI=1S/C12H19N3O2/c1-8-6-11(15-17-8)14-12(16)10-5-3-2-4-9(10)7-13/h6,9-10H,2-5,7,13H2,1H3,(H,14,15,16). The second-order valence-corrected chi connectivity index (χ2v) is 4.70. The van der Waals surface area contributed by atoms with Crippen molar-refractivity contribution in [3.05, 3.63) is 11.8 Å². The Morgan fingerprint density at radius 1 is 1.59 bits per heavy atom. The minimum atomic E-state index is 0.0192. The van der Waals surface area contributed by atoms with E-state index in [-0.39, 0.29) is 11.8 Å². The predicted octanol–water partition coefficient (Wildman–Crippen LogP) is 1.69. The fourth-order valence-electron chi connectivity index (χ4n) is 2.48. The quantitative estimate of drug-likeness (QED) is 0.838. The molecule has 2 atom stereocenters. The summed E-state index contributed by atoms with van der Waals surface area (Å²) in [7, 11) is 0. The molecule has 1 aromatic heterocycles. The van der Waals surface area contributed by atoms with Gasteiger partial charge in [0.2, 0.25) is 5.91 Å². The summed E-state index contributed by atoms with van der Waals surface area (Å²) in [6.45, 7) is 2.38. The molecule has 1 aliphatic carbocycles. The molecule has 5 heteroatoms. The van der Waals surface area contributed by atoms with E-state index in [0.29, 0.717) is 24.0 Å². The summed E-state index contributed by atoms with van der Waals surface area (Å²) in [6.07, 6.45) is 4.25. The largest absolute Gasteiger partial charge is 0.360 e. The topological polar surface area (TPSA) is 81.2 Å². The number of hydrogen-bond acceptors (Lipinski definition) is 4. The Morgan fingerprint density at radius 2 is 2.35 bits per heavy atom. The average Bonchev–Trinajstić information content (AvgIpc) is 2.74. The Kier molecular flexibility index (Phi) is 3.78. The van der Waals surface area contributed by atoms with Crippen molar-refractivity contribution in [2.45, 2.75) is 32.6 Å². The Morgan fingerprint density at radius 3 is 3.00 bits per heavy atom. The average molecular weight is 237 g/mol. The summed E-state index contributed by atoms with van der Waals surface area (Å²) in [5, 5.41) is 6.56. The summed E-state index contributed by atoms with van der Waals surface area (Å²) in [5.74, 6) is 1.53. The zero-order valence-electron chi connectivity index (χ0n) is 10.1. The van der Waals surface area contributed by atoms with Gasteiger partial charge in [0.15, 0.2) is 5.82 Å². The van der Waals surface area contributed by atoms with Crippen molar-refractivity contribution in [2.24, 2.45) is 17.6 Å². The van der Waals surface area contributed by atoms with E-state index >= 15 is 0 Å². The number of aromatic nitrogens is 1. The van der Waals surface area contributed by atoms with Crippen LogP contribution in [0, 0.1) is 18.8 Å². The van der Waals surface area contributed by atoms with E-state index in [4.69, 9.17) is 10.3 Å². The van der Waals surface area contributed by atoms with Crippen molar-refractivity contribution in [1.82, 2.24) is 5.16 Å². The van der Waals surface area contributed by atoms with Gasteiger partial charge in [0, 0.05) is 12.0 Å². The summed E-state index contributed by atoms with van der Waals surface area (Å²) in [5.41, 5.74) is 5.71. The van der Waals surface area contributed by atoms with E-state index in [0.717, 1.165) is 19.3 Å². The zero-order chi connectivity index (χ0) is 12.3. The molecule has 17 heavy (non-hydrogen) atoms. The van der Waals surface area contributed by atoms with Gasteiger partial charge >= 0.3 is 0 Å². The first-order valence-electron chi connectivity index (χ1n) is 6.15. The van der Waals surface area contributed by atoms with Crippen molar-refractivity contribution >= 4 is 11.7 Å². The van der Waals surface area contributed by atoms with Gasteiger partial charge in [-0.05, 0) is 32.2 Å². The zero-order valence-corrected chi connectivity index (χ0v) is 10.1. The van der Waals surface area contributed by atoms with Gasteiger partial charge in [0.05, 0.1) is 0 Å². The number of nitrogens with one attached hydrogen (secondary N) is 1. The second kappa shape index (κ2) is 5.31. The third-order valence-electron chi connectivity index (χ3n) is 3.43. The molecule has 2 rings (SSSR count). The molecule has 1 saturated carbocycles. The Bertz CT molecular complexity index is 389. The molecule has 0 bridgehead atoms. The van der Waals surface area contributed by atoms with Crippen molar-refractivity contribution in [3.8, 4) is 0 Å². The fraction of sp³-hybridized carbons (Fsp3) is 0.667. The molecule has 0 spiro atoms. The first-order valence-corrected chi connectivity index (χ1v) is 6.15. The van der Waals surface area contributed by atoms with Crippen LogP contribution in [0.25, 0.3) is 0 Å². The maximum atomic E-state index is 12.1. The Balaban J connectivity index is 1.98. The van der Waals surface area contributed by atoms with Gasteiger partial charge in [0.1, 0.15) is 5.76 Å². The maximum Gasteiger partial charge on any atom is 0.229 e. The normalized spacial score (nSPS) is 24.6. The van der Waals surface area contributed by atoms with E-state index in [1.165, 1.54) is 6.42 Å². The van der Waals surface area contributed by atoms with Crippen LogP contribution in [-0.2, 0) is 4.79 Å². The molecular formula is C12H19N3O2. The fourth-order valence-corrected chi connectivity index (χ4v) is 2.48. The summed E-state index contributed by atoms with van der Waals surface area (Å²) in [4.78, 5) is 12.1. The first kappa shape index (κ1) is 12.1. The lowest BCUT2D eigenvalue weighted by molar-refractivity contribution is -0.122. The van der Waals surface area contributed by atoms with E-state index in [1.54, 1.807) is 13.0 Å². The highest BCUT2D eigenvalue weighted by atomic mass is 16.5. The molecule has 2 unspecified atom stereocenters. The molecule has 0 aromatic carbocycles. The molecule has 1 heterocycles. The highest BCUT2D eigenvalue weighted by molar-refractivity contribution is 5.91. The van der Waals surface area contributed by atoms with Crippen LogP contribution in [0.15, 0.2) is 10.6 Å². The van der Waals surface area contributed by atoms with Gasteiger partial charge in [-0.15, -0.1) is 0 Å². The molecule has 0 radical (unpaired) electrons. The monoisotopic (exact) mass is 237 g/mol. The van der Waals surface area contributed by atoms with Crippen LogP contribution in [0.4, 0.5) is 5.82 Å². The molecule has 0 aliphatic heterocycles. The number of anilines is 1. The minimum absolute atomic E-state index is 0.0192. The number of carbonyl (C=O) groups is 1. The van der Waals surface area contributed by atoms with Gasteiger partial charge < -0.3 is 15.6 Å². The number of hydrogen-bond donors (Lipinski definition) is 2. The van der Waals surface area contributed by atoms with Gasteiger partial charge in [-0.25, -0.2) is 0 Å². The van der Waals surface area contributed by atoms with Crippen LogP contribution in [0.5, 0.6) is 0 Å². The van der Waals surface area contributed by atoms with Crippen LogP contribution >= 0.6 is 0 Å². The highest BCUT2D eigenvalue weighted by Gasteiger charge is 2.30. The molecule has 94 valence electrons. The predicted molar refractivity (Wildman–Crippen MR) is 64.4 cm³/mol. The van der Waals surface area contributed by atoms with Crippen molar-refractivity contribution in [3.63, 3.8) is 0 Å². The summed E-state index contributed by atoms with van der Waals surface area (Å²) < 4.78 is 4.92. The molecule has 1 aromatic rings. The second-order valence-electron chi connectivity index (χ2n) is 4.70. The van der Waals surface area contributed by atoms with Gasteiger partial charge in [0.25, 0.3) is 0 Å². The lowest BCUT2D eigenvalue weighted by atomic mass is 9.79. The number of nitrogens with two attached hydrogens (primary N) is 1. The lowest BCUT2D eigenvalue weighted by Gasteiger charge is -2.29. The number of rotatable bonds is 3. The van der Waals surface area contributed by atoms with Crippen molar-refractivity contribution in [1.29, 1.82) is 0 Å². The highest BCUT2D eigenvalue weighted by Crippen LogP contribution is 2.30. The minimum Gasteiger partial charge on any atom is -0.360 e. The SMILES string of the molecule is Cc1cc(NC(=O)C2CCCCC2CN)no1. The van der Waals surface area contributed by atoms with Crippen molar-refractivity contribution in [2.75, 3.05) is 11.9 Å². The van der Waals surface area contributed by atoms with Crippen LogP contribution in [0.3, 0.4) is 0 Å². The first-order chi connectivity index (χ1) is 8.20. The number of nitrogens with zero attached hydrogens (tertiary/aromatic N) is 1. The van der Waals surface area contributed by atoms with Crippen LogP contribution < -0.4 is 11.1 Å².